The minimum absolute atomic E-state index is 0.173. The third kappa shape index (κ3) is 5.59. The summed E-state index contributed by atoms with van der Waals surface area (Å²) in [5.41, 5.74) is 0.173. The smallest absolute Gasteiger partial charge is 0.263 e. The Hall–Kier alpha value is -1.58. The van der Waals surface area contributed by atoms with E-state index in [1.807, 2.05) is 11.0 Å². The largest absolute Gasteiger partial charge is 0.385 e. The predicted octanol–water partition coefficient (Wildman–Crippen LogP) is 0.184. The van der Waals surface area contributed by atoms with Crippen LogP contribution in [0.15, 0.2) is 11.8 Å². The lowest BCUT2D eigenvalue weighted by Crippen LogP contribution is -2.44. The van der Waals surface area contributed by atoms with Crippen molar-refractivity contribution in [2.75, 3.05) is 53.0 Å². The van der Waals surface area contributed by atoms with Gasteiger partial charge in [-0.1, -0.05) is 6.92 Å². The first-order valence-electron chi connectivity index (χ1n) is 7.06. The lowest BCUT2D eigenvalue weighted by molar-refractivity contribution is -0.117. The molecule has 0 aromatic carbocycles. The molecule has 1 heterocycles. The number of nitriles is 1. The van der Waals surface area contributed by atoms with Gasteiger partial charge in [0.2, 0.25) is 0 Å². The molecule has 1 amide bonds. The number of rotatable bonds is 7. The van der Waals surface area contributed by atoms with Crippen LogP contribution in [0.5, 0.6) is 0 Å². The van der Waals surface area contributed by atoms with Crippen LogP contribution in [0, 0.1) is 11.3 Å². The van der Waals surface area contributed by atoms with E-state index in [4.69, 9.17) is 10.00 Å². The molecule has 1 fully saturated rings. The van der Waals surface area contributed by atoms with Gasteiger partial charge in [0.05, 0.1) is 0 Å². The molecular formula is C14H24N4O2. The van der Waals surface area contributed by atoms with E-state index in [0.717, 1.165) is 39.1 Å². The minimum atomic E-state index is -0.304. The normalized spacial score (nSPS) is 16.9. The van der Waals surface area contributed by atoms with Gasteiger partial charge in [0.25, 0.3) is 5.91 Å². The zero-order valence-corrected chi connectivity index (χ0v) is 12.4. The SMILES string of the molecule is CCN1CCN(/C=C(/C#N)C(=O)NCCCOC)CC1. The number of hydrogen-bond donors (Lipinski definition) is 1. The number of hydrogen-bond acceptors (Lipinski definition) is 5. The second-order valence-corrected chi connectivity index (χ2v) is 4.73. The molecule has 0 aromatic rings. The topological polar surface area (TPSA) is 68.6 Å². The van der Waals surface area contributed by atoms with E-state index in [1.165, 1.54) is 0 Å². The molecule has 0 aromatic heterocycles. The maximum Gasteiger partial charge on any atom is 0.263 e. The van der Waals surface area contributed by atoms with E-state index >= 15 is 0 Å². The summed E-state index contributed by atoms with van der Waals surface area (Å²) >= 11 is 0. The fraction of sp³-hybridized carbons (Fsp3) is 0.714. The van der Waals surface area contributed by atoms with Crippen molar-refractivity contribution in [3.05, 3.63) is 11.8 Å². The number of nitrogens with one attached hydrogen (secondary N) is 1. The quantitative estimate of drug-likeness (QED) is 0.409. The molecule has 1 rings (SSSR count). The number of ether oxygens (including phenoxy) is 1. The summed E-state index contributed by atoms with van der Waals surface area (Å²) in [5, 5.41) is 11.8. The maximum absolute atomic E-state index is 11.9. The van der Waals surface area contributed by atoms with E-state index in [-0.39, 0.29) is 11.5 Å². The van der Waals surface area contributed by atoms with Crippen molar-refractivity contribution in [1.82, 2.24) is 15.1 Å². The number of carbonyl (C=O) groups is 1. The molecule has 0 saturated carbocycles. The molecular weight excluding hydrogens is 256 g/mol. The van der Waals surface area contributed by atoms with Crippen molar-refractivity contribution >= 4 is 5.91 Å². The summed E-state index contributed by atoms with van der Waals surface area (Å²) in [7, 11) is 1.62. The number of piperazine rings is 1. The van der Waals surface area contributed by atoms with Gasteiger partial charge in [-0.3, -0.25) is 4.79 Å². The molecule has 1 saturated heterocycles. The van der Waals surface area contributed by atoms with Gasteiger partial charge in [0, 0.05) is 52.6 Å². The lowest BCUT2D eigenvalue weighted by atomic mass is 10.2. The Morgan fingerprint density at radius 2 is 2.10 bits per heavy atom. The molecule has 0 bridgehead atoms. The summed E-state index contributed by atoms with van der Waals surface area (Å²) < 4.78 is 4.91. The first-order valence-corrected chi connectivity index (χ1v) is 7.06. The van der Waals surface area contributed by atoms with E-state index < -0.39 is 0 Å². The van der Waals surface area contributed by atoms with E-state index in [2.05, 4.69) is 17.1 Å². The summed E-state index contributed by atoms with van der Waals surface area (Å²) in [6, 6.07) is 1.98. The second kappa shape index (κ2) is 9.34. The Kier molecular flexibility index (Phi) is 7.70. The van der Waals surface area contributed by atoms with Gasteiger partial charge >= 0.3 is 0 Å². The van der Waals surface area contributed by atoms with E-state index in [0.29, 0.717) is 13.2 Å². The first kappa shape index (κ1) is 16.5. The highest BCUT2D eigenvalue weighted by Crippen LogP contribution is 2.04. The van der Waals surface area contributed by atoms with Crippen LogP contribution in [-0.4, -0.2) is 68.7 Å². The first-order chi connectivity index (χ1) is 9.71. The van der Waals surface area contributed by atoms with Crippen molar-refractivity contribution in [2.24, 2.45) is 0 Å². The van der Waals surface area contributed by atoms with Gasteiger partial charge in [0.1, 0.15) is 11.6 Å². The second-order valence-electron chi connectivity index (χ2n) is 4.73. The molecule has 0 aliphatic carbocycles. The van der Waals surface area contributed by atoms with Crippen LogP contribution in [-0.2, 0) is 9.53 Å². The number of likely N-dealkylation sites (N-methyl/N-ethyl adjacent to an activating group) is 1. The molecule has 1 aliphatic rings. The van der Waals surface area contributed by atoms with Crippen molar-refractivity contribution in [3.8, 4) is 6.07 Å². The summed E-state index contributed by atoms with van der Waals surface area (Å²) in [5.74, 6) is -0.304. The third-order valence-corrected chi connectivity index (χ3v) is 3.34. The van der Waals surface area contributed by atoms with Gasteiger partial charge in [0.15, 0.2) is 0 Å². The van der Waals surface area contributed by atoms with E-state index in [1.54, 1.807) is 13.3 Å². The van der Waals surface area contributed by atoms with Crippen LogP contribution in [0.3, 0.4) is 0 Å². The van der Waals surface area contributed by atoms with Crippen LogP contribution in [0.25, 0.3) is 0 Å². The Bertz CT molecular complexity index is 368. The average Bonchev–Trinajstić information content (AvgIpc) is 2.49. The summed E-state index contributed by atoms with van der Waals surface area (Å²) in [4.78, 5) is 16.2. The molecule has 0 radical (unpaired) electrons. The molecule has 1 aliphatic heterocycles. The summed E-state index contributed by atoms with van der Waals surface area (Å²) in [6.45, 7) is 7.97. The number of nitrogens with zero attached hydrogens (tertiary/aromatic N) is 3. The molecule has 6 heteroatoms. The lowest BCUT2D eigenvalue weighted by Gasteiger charge is -2.33. The van der Waals surface area contributed by atoms with Crippen LogP contribution in [0.2, 0.25) is 0 Å². The van der Waals surface area contributed by atoms with Gasteiger partial charge < -0.3 is 19.9 Å². The molecule has 0 spiro atoms. The van der Waals surface area contributed by atoms with Crippen molar-refractivity contribution in [2.45, 2.75) is 13.3 Å². The van der Waals surface area contributed by atoms with Crippen molar-refractivity contribution in [3.63, 3.8) is 0 Å². The maximum atomic E-state index is 11.9. The Morgan fingerprint density at radius 3 is 2.65 bits per heavy atom. The molecule has 0 atom stereocenters. The van der Waals surface area contributed by atoms with Crippen molar-refractivity contribution in [1.29, 1.82) is 5.26 Å². The highest BCUT2D eigenvalue weighted by atomic mass is 16.5. The third-order valence-electron chi connectivity index (χ3n) is 3.34. The zero-order valence-electron chi connectivity index (χ0n) is 12.4. The van der Waals surface area contributed by atoms with Crippen LogP contribution < -0.4 is 5.32 Å². The fourth-order valence-corrected chi connectivity index (χ4v) is 2.04. The Labute approximate surface area is 121 Å². The van der Waals surface area contributed by atoms with Gasteiger partial charge in [-0.25, -0.2) is 0 Å². The van der Waals surface area contributed by atoms with Gasteiger partial charge in [-0.15, -0.1) is 0 Å². The zero-order chi connectivity index (χ0) is 14.8. The predicted molar refractivity (Wildman–Crippen MR) is 76.9 cm³/mol. The van der Waals surface area contributed by atoms with Crippen LogP contribution in [0.1, 0.15) is 13.3 Å². The van der Waals surface area contributed by atoms with Gasteiger partial charge in [-0.2, -0.15) is 5.26 Å². The highest BCUT2D eigenvalue weighted by molar-refractivity contribution is 5.97. The standard InChI is InChI=1S/C14H24N4O2/c1-3-17-6-8-18(9-7-17)12-13(11-15)14(19)16-5-4-10-20-2/h12H,3-10H2,1-2H3,(H,16,19)/b13-12-. The van der Waals surface area contributed by atoms with E-state index in [9.17, 15) is 4.79 Å². The van der Waals surface area contributed by atoms with Crippen LogP contribution in [0.4, 0.5) is 0 Å². The van der Waals surface area contributed by atoms with Crippen LogP contribution >= 0.6 is 0 Å². The molecule has 20 heavy (non-hydrogen) atoms. The number of methoxy groups -OCH3 is 1. The Morgan fingerprint density at radius 1 is 1.40 bits per heavy atom. The highest BCUT2D eigenvalue weighted by Gasteiger charge is 2.15. The monoisotopic (exact) mass is 280 g/mol. The van der Waals surface area contributed by atoms with Gasteiger partial charge in [-0.05, 0) is 13.0 Å². The number of amides is 1. The summed E-state index contributed by atoms with van der Waals surface area (Å²) in [6.07, 6.45) is 2.43. The minimum Gasteiger partial charge on any atom is -0.385 e. The molecule has 0 unspecified atom stereocenters. The average molecular weight is 280 g/mol. The van der Waals surface area contributed by atoms with Crippen molar-refractivity contribution < 1.29 is 9.53 Å². The molecule has 112 valence electrons. The molecule has 1 N–H and O–H groups in total. The molecule has 6 nitrogen and oxygen atoms in total. The Balaban J connectivity index is 2.43. The number of carbonyl (C=O) groups excluding carboxylic acids is 1. The fourth-order valence-electron chi connectivity index (χ4n) is 2.04.